The Bertz CT molecular complexity index is 787. The molecule has 3 rings (SSSR count). The van der Waals surface area contributed by atoms with Crippen LogP contribution < -0.4 is 5.32 Å². The summed E-state index contributed by atoms with van der Waals surface area (Å²) < 4.78 is 6.65. The number of aromatic nitrogens is 2. The molecule has 0 radical (unpaired) electrons. The first-order valence-electron chi connectivity index (χ1n) is 7.26. The minimum Gasteiger partial charge on any atom is -0.480 e. The van der Waals surface area contributed by atoms with Crippen LogP contribution in [0.3, 0.4) is 0 Å². The van der Waals surface area contributed by atoms with E-state index in [1.54, 1.807) is 12.3 Å². The zero-order valence-electron chi connectivity index (χ0n) is 12.9. The minimum atomic E-state index is -1.01. The molecular formula is C16H17N3O4. The molecule has 0 saturated carbocycles. The van der Waals surface area contributed by atoms with Crippen molar-refractivity contribution in [3.8, 4) is 0 Å². The van der Waals surface area contributed by atoms with E-state index >= 15 is 0 Å². The maximum atomic E-state index is 12.0. The number of nitrogens with one attached hydrogen (secondary N) is 1. The lowest BCUT2D eigenvalue weighted by Gasteiger charge is -2.24. The molecule has 1 aliphatic rings. The highest BCUT2D eigenvalue weighted by atomic mass is 16.4. The van der Waals surface area contributed by atoms with E-state index in [0.717, 1.165) is 16.8 Å². The monoisotopic (exact) mass is 315 g/mol. The number of carboxylic acids is 1. The highest BCUT2D eigenvalue weighted by Gasteiger charge is 2.32. The summed E-state index contributed by atoms with van der Waals surface area (Å²) in [5.74, 6) is -0.119. The SMILES string of the molecule is C/C(=C\c1ccco1)[C@H]1CC(=O)Nc2c1c(C)nn2CC(=O)O. The van der Waals surface area contributed by atoms with Crippen LogP contribution in [0.25, 0.3) is 6.08 Å². The molecule has 7 heteroatoms. The van der Waals surface area contributed by atoms with Gasteiger partial charge in [0.2, 0.25) is 5.91 Å². The summed E-state index contributed by atoms with van der Waals surface area (Å²) in [7, 11) is 0. The number of fused-ring (bicyclic) bond motifs is 1. The number of hydrogen-bond acceptors (Lipinski definition) is 4. The Labute approximate surface area is 132 Å². The predicted octanol–water partition coefficient (Wildman–Crippen LogP) is 2.40. The van der Waals surface area contributed by atoms with Crippen LogP contribution in [0.4, 0.5) is 5.82 Å². The quantitative estimate of drug-likeness (QED) is 0.903. The number of carboxylic acid groups (broad SMARTS) is 1. The van der Waals surface area contributed by atoms with E-state index in [1.807, 2.05) is 26.0 Å². The molecule has 0 bridgehead atoms. The Kier molecular flexibility index (Phi) is 3.77. The Morgan fingerprint density at radius 2 is 2.39 bits per heavy atom. The molecular weight excluding hydrogens is 298 g/mol. The van der Waals surface area contributed by atoms with Crippen LogP contribution in [0.2, 0.25) is 0 Å². The van der Waals surface area contributed by atoms with Gasteiger partial charge in [0.1, 0.15) is 18.1 Å². The number of nitrogens with zero attached hydrogens (tertiary/aromatic N) is 2. The average Bonchev–Trinajstić information content (AvgIpc) is 3.07. The Morgan fingerprint density at radius 1 is 1.61 bits per heavy atom. The van der Waals surface area contributed by atoms with Gasteiger partial charge in [-0.2, -0.15) is 5.10 Å². The Morgan fingerprint density at radius 3 is 3.04 bits per heavy atom. The second-order valence-corrected chi connectivity index (χ2v) is 5.61. The lowest BCUT2D eigenvalue weighted by molar-refractivity contribution is -0.137. The van der Waals surface area contributed by atoms with Gasteiger partial charge in [0, 0.05) is 17.9 Å². The zero-order valence-corrected chi connectivity index (χ0v) is 12.9. The summed E-state index contributed by atoms with van der Waals surface area (Å²) in [6.07, 6.45) is 3.78. The fourth-order valence-corrected chi connectivity index (χ4v) is 2.94. The third kappa shape index (κ3) is 2.90. The summed E-state index contributed by atoms with van der Waals surface area (Å²) in [6, 6.07) is 3.64. The molecule has 3 heterocycles. The molecule has 1 aliphatic heterocycles. The fraction of sp³-hybridized carbons (Fsp3) is 0.312. The molecule has 0 spiro atoms. The van der Waals surface area contributed by atoms with Gasteiger partial charge in [-0.15, -0.1) is 0 Å². The first-order valence-corrected chi connectivity index (χ1v) is 7.26. The largest absolute Gasteiger partial charge is 0.480 e. The summed E-state index contributed by atoms with van der Waals surface area (Å²) in [6.45, 7) is 3.47. The van der Waals surface area contributed by atoms with E-state index in [2.05, 4.69) is 10.4 Å². The predicted molar refractivity (Wildman–Crippen MR) is 82.9 cm³/mol. The van der Waals surface area contributed by atoms with Crippen LogP contribution in [-0.2, 0) is 16.1 Å². The molecule has 23 heavy (non-hydrogen) atoms. The van der Waals surface area contributed by atoms with Crippen LogP contribution in [-0.4, -0.2) is 26.8 Å². The van der Waals surface area contributed by atoms with E-state index in [1.165, 1.54) is 4.68 Å². The Balaban J connectivity index is 2.03. The van der Waals surface area contributed by atoms with Crippen molar-refractivity contribution in [2.75, 3.05) is 5.32 Å². The second kappa shape index (κ2) is 5.75. The van der Waals surface area contributed by atoms with Gasteiger partial charge >= 0.3 is 5.97 Å². The first kappa shape index (κ1) is 15.1. The van der Waals surface area contributed by atoms with Gasteiger partial charge in [-0.1, -0.05) is 5.57 Å². The van der Waals surface area contributed by atoms with Gasteiger partial charge in [-0.3, -0.25) is 9.59 Å². The van der Waals surface area contributed by atoms with Crippen LogP contribution >= 0.6 is 0 Å². The van der Waals surface area contributed by atoms with E-state index in [9.17, 15) is 9.59 Å². The third-order valence-electron chi connectivity index (χ3n) is 3.92. The van der Waals surface area contributed by atoms with Crippen molar-refractivity contribution < 1.29 is 19.1 Å². The number of carbonyl (C=O) groups excluding carboxylic acids is 1. The lowest BCUT2D eigenvalue weighted by Crippen LogP contribution is -2.26. The molecule has 120 valence electrons. The second-order valence-electron chi connectivity index (χ2n) is 5.61. The van der Waals surface area contributed by atoms with E-state index in [-0.39, 0.29) is 18.4 Å². The summed E-state index contributed by atoms with van der Waals surface area (Å²) in [5.41, 5.74) is 2.55. The van der Waals surface area contributed by atoms with E-state index in [0.29, 0.717) is 18.0 Å². The number of aryl methyl sites for hydroxylation is 1. The van der Waals surface area contributed by atoms with Gasteiger partial charge in [0.15, 0.2) is 0 Å². The number of carbonyl (C=O) groups is 2. The summed E-state index contributed by atoms with van der Waals surface area (Å²) >= 11 is 0. The maximum absolute atomic E-state index is 12.0. The molecule has 2 aromatic heterocycles. The van der Waals surface area contributed by atoms with Crippen molar-refractivity contribution in [2.45, 2.75) is 32.7 Å². The molecule has 2 aromatic rings. The smallest absolute Gasteiger partial charge is 0.325 e. The zero-order chi connectivity index (χ0) is 16.6. The van der Waals surface area contributed by atoms with Crippen LogP contribution in [0.1, 0.15) is 36.3 Å². The number of amides is 1. The Hall–Kier alpha value is -2.83. The van der Waals surface area contributed by atoms with Crippen molar-refractivity contribution >= 4 is 23.8 Å². The fourth-order valence-electron chi connectivity index (χ4n) is 2.94. The van der Waals surface area contributed by atoms with Crippen molar-refractivity contribution in [1.82, 2.24) is 9.78 Å². The molecule has 2 N–H and O–H groups in total. The van der Waals surface area contributed by atoms with Gasteiger partial charge in [-0.25, -0.2) is 4.68 Å². The number of hydrogen-bond donors (Lipinski definition) is 2. The van der Waals surface area contributed by atoms with Crippen molar-refractivity contribution in [3.63, 3.8) is 0 Å². The molecule has 0 fully saturated rings. The first-order chi connectivity index (χ1) is 11.0. The van der Waals surface area contributed by atoms with Crippen molar-refractivity contribution in [2.24, 2.45) is 0 Å². The highest BCUT2D eigenvalue weighted by Crippen LogP contribution is 2.39. The standard InChI is InChI=1S/C16H17N3O4/c1-9(6-11-4-3-5-23-11)12-7-13(20)17-16-15(12)10(2)18-19(16)8-14(21)22/h3-6,12H,7-8H2,1-2H3,(H,17,20)(H,21,22)/b9-6+/t12-/m1/s1. The van der Waals surface area contributed by atoms with Gasteiger partial charge in [-0.05, 0) is 32.1 Å². The summed E-state index contributed by atoms with van der Waals surface area (Å²) in [4.78, 5) is 23.0. The number of aliphatic carboxylic acids is 1. The van der Waals surface area contributed by atoms with Crippen molar-refractivity contribution in [1.29, 1.82) is 0 Å². The number of allylic oxidation sites excluding steroid dienone is 1. The number of rotatable bonds is 4. The molecule has 0 aliphatic carbocycles. The van der Waals surface area contributed by atoms with Gasteiger partial charge in [0.05, 0.1) is 12.0 Å². The molecule has 0 saturated heterocycles. The lowest BCUT2D eigenvalue weighted by atomic mass is 9.86. The number of furan rings is 1. The molecule has 0 unspecified atom stereocenters. The molecule has 1 amide bonds. The van der Waals surface area contributed by atoms with E-state index in [4.69, 9.17) is 9.52 Å². The van der Waals surface area contributed by atoms with Gasteiger partial charge in [0.25, 0.3) is 0 Å². The van der Waals surface area contributed by atoms with Crippen molar-refractivity contribution in [3.05, 3.63) is 41.0 Å². The topological polar surface area (TPSA) is 97.4 Å². The number of anilines is 1. The van der Waals surface area contributed by atoms with Gasteiger partial charge < -0.3 is 14.8 Å². The van der Waals surface area contributed by atoms with Crippen LogP contribution in [0.5, 0.6) is 0 Å². The molecule has 1 atom stereocenters. The minimum absolute atomic E-state index is 0.147. The summed E-state index contributed by atoms with van der Waals surface area (Å²) in [5, 5.41) is 16.0. The normalized spacial score (nSPS) is 17.7. The average molecular weight is 315 g/mol. The third-order valence-corrected chi connectivity index (χ3v) is 3.92. The molecule has 0 aromatic carbocycles. The van der Waals surface area contributed by atoms with E-state index < -0.39 is 5.97 Å². The van der Waals surface area contributed by atoms with Crippen LogP contribution in [0, 0.1) is 6.92 Å². The van der Waals surface area contributed by atoms with Crippen LogP contribution in [0.15, 0.2) is 28.4 Å². The maximum Gasteiger partial charge on any atom is 0.325 e. The highest BCUT2D eigenvalue weighted by molar-refractivity contribution is 5.95. The molecule has 7 nitrogen and oxygen atoms in total.